The van der Waals surface area contributed by atoms with Crippen LogP contribution in [0, 0.1) is 6.92 Å². The highest BCUT2D eigenvalue weighted by Gasteiger charge is 2.48. The van der Waals surface area contributed by atoms with Crippen LogP contribution in [-0.2, 0) is 27.8 Å². The fraction of sp³-hybridized carbons (Fsp3) is 0.167. The van der Waals surface area contributed by atoms with E-state index < -0.39 is 27.6 Å². The lowest BCUT2D eigenvalue weighted by atomic mass is 9.80. The topological polar surface area (TPSA) is 95.5 Å². The Morgan fingerprint density at radius 3 is 1.84 bits per heavy atom. The number of nitrogens with one attached hydrogen (secondary N) is 2. The van der Waals surface area contributed by atoms with Crippen LogP contribution in [0.5, 0.6) is 0 Å². The maximum absolute atomic E-state index is 13.6. The van der Waals surface area contributed by atoms with Gasteiger partial charge in [-0.25, -0.2) is 13.1 Å². The van der Waals surface area contributed by atoms with Crippen molar-refractivity contribution in [1.82, 2.24) is 10.0 Å². The van der Waals surface area contributed by atoms with Crippen molar-refractivity contribution in [2.75, 3.05) is 0 Å². The Balaban J connectivity index is 1.84. The van der Waals surface area contributed by atoms with Crippen molar-refractivity contribution < 1.29 is 18.3 Å². The van der Waals surface area contributed by atoms with Crippen LogP contribution in [0.2, 0.25) is 0 Å². The molecular weight excluding hydrogens is 484 g/mol. The zero-order valence-electron chi connectivity index (χ0n) is 20.5. The molecule has 2 atom stereocenters. The molecule has 37 heavy (non-hydrogen) atoms. The first-order valence-corrected chi connectivity index (χ1v) is 13.5. The summed E-state index contributed by atoms with van der Waals surface area (Å²) in [6.45, 7) is 2.11. The molecule has 0 aliphatic carbocycles. The highest BCUT2D eigenvalue weighted by Crippen LogP contribution is 2.33. The minimum Gasteiger partial charge on any atom is -0.480 e. The van der Waals surface area contributed by atoms with E-state index in [1.54, 1.807) is 36.4 Å². The Labute approximate surface area is 218 Å². The summed E-state index contributed by atoms with van der Waals surface area (Å²) >= 11 is 0. The molecule has 0 heterocycles. The molecule has 6 nitrogen and oxygen atoms in total. The van der Waals surface area contributed by atoms with E-state index in [4.69, 9.17) is 0 Å². The minimum atomic E-state index is -4.07. The second-order valence-electron chi connectivity index (χ2n) is 9.06. The number of aryl methyl sites for hydroxylation is 1. The molecule has 0 radical (unpaired) electrons. The third-order valence-electron chi connectivity index (χ3n) is 6.39. The second-order valence-corrected chi connectivity index (χ2v) is 10.8. The van der Waals surface area contributed by atoms with Gasteiger partial charge in [-0.1, -0.05) is 109 Å². The molecule has 4 aromatic carbocycles. The van der Waals surface area contributed by atoms with E-state index in [0.29, 0.717) is 5.56 Å². The Morgan fingerprint density at radius 2 is 1.30 bits per heavy atom. The van der Waals surface area contributed by atoms with E-state index >= 15 is 0 Å². The van der Waals surface area contributed by atoms with Crippen molar-refractivity contribution in [2.45, 2.75) is 36.4 Å². The summed E-state index contributed by atoms with van der Waals surface area (Å²) < 4.78 is 29.9. The Bertz CT molecular complexity index is 1410. The van der Waals surface area contributed by atoms with Crippen LogP contribution in [0.1, 0.15) is 28.3 Å². The molecule has 4 aromatic rings. The van der Waals surface area contributed by atoms with Gasteiger partial charge in [0.1, 0.15) is 5.54 Å². The summed E-state index contributed by atoms with van der Waals surface area (Å²) in [5.74, 6) is -1.16. The van der Waals surface area contributed by atoms with Gasteiger partial charge in [0.05, 0.1) is 10.9 Å². The van der Waals surface area contributed by atoms with Crippen molar-refractivity contribution >= 4 is 16.0 Å². The van der Waals surface area contributed by atoms with Gasteiger partial charge < -0.3 is 5.11 Å². The van der Waals surface area contributed by atoms with Gasteiger partial charge in [-0.05, 0) is 35.7 Å². The molecule has 7 heteroatoms. The molecule has 0 saturated carbocycles. The smallest absolute Gasteiger partial charge is 0.326 e. The van der Waals surface area contributed by atoms with Gasteiger partial charge in [-0.15, -0.1) is 0 Å². The van der Waals surface area contributed by atoms with E-state index in [0.717, 1.165) is 16.7 Å². The van der Waals surface area contributed by atoms with E-state index in [1.807, 2.05) is 73.7 Å². The molecule has 0 fully saturated rings. The van der Waals surface area contributed by atoms with Gasteiger partial charge in [-0.3, -0.25) is 10.1 Å². The largest absolute Gasteiger partial charge is 0.480 e. The maximum atomic E-state index is 13.6. The van der Waals surface area contributed by atoms with Crippen molar-refractivity contribution in [1.29, 1.82) is 0 Å². The first-order valence-electron chi connectivity index (χ1n) is 12.0. The molecule has 0 saturated heterocycles. The molecule has 0 spiro atoms. The Hall–Kier alpha value is -3.78. The quantitative estimate of drug-likeness (QED) is 0.265. The van der Waals surface area contributed by atoms with Gasteiger partial charge in [0.25, 0.3) is 0 Å². The molecule has 0 bridgehead atoms. The predicted octanol–water partition coefficient (Wildman–Crippen LogP) is 4.87. The summed E-state index contributed by atoms with van der Waals surface area (Å²) in [5, 5.41) is 14.1. The normalized spacial score (nSPS) is 14.0. The van der Waals surface area contributed by atoms with E-state index in [2.05, 4.69) is 10.0 Å². The first-order chi connectivity index (χ1) is 17.8. The van der Waals surface area contributed by atoms with E-state index in [1.165, 1.54) is 12.1 Å². The van der Waals surface area contributed by atoms with Crippen molar-refractivity contribution in [3.8, 4) is 0 Å². The first kappa shape index (κ1) is 26.3. The van der Waals surface area contributed by atoms with Crippen molar-refractivity contribution in [3.05, 3.63) is 138 Å². The lowest BCUT2D eigenvalue weighted by Crippen LogP contribution is -2.61. The molecule has 3 N–H and O–H groups in total. The van der Waals surface area contributed by atoms with Crippen LogP contribution in [0.3, 0.4) is 0 Å². The van der Waals surface area contributed by atoms with Crippen LogP contribution in [-0.4, -0.2) is 25.0 Å². The minimum absolute atomic E-state index is 0.0476. The number of sulfonamides is 1. The number of rotatable bonds is 11. The van der Waals surface area contributed by atoms with E-state index in [-0.39, 0.29) is 17.9 Å². The predicted molar refractivity (Wildman–Crippen MR) is 144 cm³/mol. The average Bonchev–Trinajstić information content (AvgIpc) is 2.91. The summed E-state index contributed by atoms with van der Waals surface area (Å²) in [5.41, 5.74) is 1.40. The van der Waals surface area contributed by atoms with Gasteiger partial charge in [0.15, 0.2) is 0 Å². The highest BCUT2D eigenvalue weighted by molar-refractivity contribution is 7.89. The van der Waals surface area contributed by atoms with Gasteiger partial charge >= 0.3 is 5.97 Å². The third kappa shape index (κ3) is 6.32. The molecule has 0 aromatic heterocycles. The average molecular weight is 515 g/mol. The zero-order valence-corrected chi connectivity index (χ0v) is 21.4. The number of hydrogen-bond acceptors (Lipinski definition) is 4. The van der Waals surface area contributed by atoms with E-state index in [9.17, 15) is 18.3 Å². The molecule has 0 aliphatic heterocycles. The number of aliphatic carboxylic acids is 1. The number of hydrogen-bond donors (Lipinski definition) is 3. The fourth-order valence-corrected chi connectivity index (χ4v) is 5.63. The van der Waals surface area contributed by atoms with Gasteiger partial charge in [0.2, 0.25) is 10.0 Å². The summed E-state index contributed by atoms with van der Waals surface area (Å²) in [4.78, 5) is 13.3. The molecule has 0 amide bonds. The standard InChI is InChI=1S/C30H30N2O4S/c1-23-17-19-27(20-18-23)37(35,36)32-28(26-15-9-4-10-16-26)30(29(33)34,21-24-11-5-2-6-12-24)31-22-25-13-7-3-8-14-25/h2-20,28,31-32H,21-22H2,1H3,(H,33,34). The Kier molecular flexibility index (Phi) is 8.18. The SMILES string of the molecule is Cc1ccc(S(=O)(=O)NC(c2ccccc2)C(Cc2ccccc2)(NCc2ccccc2)C(=O)O)cc1. The summed E-state index contributed by atoms with van der Waals surface area (Å²) in [6.07, 6.45) is 0.0476. The van der Waals surface area contributed by atoms with Crippen molar-refractivity contribution in [2.24, 2.45) is 0 Å². The molecular formula is C30H30N2O4S. The Morgan fingerprint density at radius 1 is 0.784 bits per heavy atom. The zero-order chi connectivity index (χ0) is 26.3. The van der Waals surface area contributed by atoms with Crippen LogP contribution < -0.4 is 10.0 Å². The summed E-state index contributed by atoms with van der Waals surface area (Å²) in [6, 6.07) is 32.9. The van der Waals surface area contributed by atoms with Crippen LogP contribution in [0.4, 0.5) is 0 Å². The fourth-order valence-electron chi connectivity index (χ4n) is 4.35. The number of carboxylic acid groups (broad SMARTS) is 1. The van der Waals surface area contributed by atoms with Crippen LogP contribution in [0.15, 0.2) is 120 Å². The lowest BCUT2D eigenvalue weighted by molar-refractivity contribution is -0.146. The number of carboxylic acids is 1. The van der Waals surface area contributed by atoms with Gasteiger partial charge in [-0.2, -0.15) is 0 Å². The van der Waals surface area contributed by atoms with Crippen LogP contribution in [0.25, 0.3) is 0 Å². The monoisotopic (exact) mass is 514 g/mol. The molecule has 2 unspecified atom stereocenters. The maximum Gasteiger partial charge on any atom is 0.326 e. The number of benzene rings is 4. The molecule has 0 aliphatic rings. The lowest BCUT2D eigenvalue weighted by Gasteiger charge is -2.39. The van der Waals surface area contributed by atoms with Crippen molar-refractivity contribution in [3.63, 3.8) is 0 Å². The number of carbonyl (C=O) groups is 1. The summed E-state index contributed by atoms with van der Waals surface area (Å²) in [7, 11) is -4.07. The third-order valence-corrected chi connectivity index (χ3v) is 7.83. The second kappa shape index (κ2) is 11.5. The van der Waals surface area contributed by atoms with Gasteiger partial charge in [0, 0.05) is 13.0 Å². The molecule has 190 valence electrons. The molecule has 4 rings (SSSR count). The van der Waals surface area contributed by atoms with Crippen LogP contribution >= 0.6 is 0 Å². The highest BCUT2D eigenvalue weighted by atomic mass is 32.2.